The van der Waals surface area contributed by atoms with Crippen LogP contribution in [0, 0.1) is 31.7 Å². The van der Waals surface area contributed by atoms with Gasteiger partial charge in [0.15, 0.2) is 5.78 Å². The normalized spacial score (nSPS) is 11.9. The first-order valence-corrected chi connectivity index (χ1v) is 16.1. The molecule has 0 amide bonds. The molecule has 5 rings (SSSR count). The molecule has 1 N–H and O–H groups in total. The number of fused-ring (bicyclic) bond motifs is 4. The van der Waals surface area contributed by atoms with Gasteiger partial charge in [-0.05, 0) is 57.6 Å². The van der Waals surface area contributed by atoms with Crippen LogP contribution in [0.15, 0.2) is 58.7 Å². The van der Waals surface area contributed by atoms with E-state index in [1.807, 2.05) is 34.6 Å². The number of carbonyl (C=O) groups excluding carboxylic acids is 1. The molecule has 0 aliphatic carbocycles. The SMILES string of the molecule is CCC(CC)C(=O)/C=C(\O)C(CC)CC.Cc1cc2c(-c3[c-]c4ccccc4c(C(C)C)c3)nc3cc(C)sc3c2o1.[Ir]. The molecule has 6 heteroatoms. The van der Waals surface area contributed by atoms with Gasteiger partial charge in [-0.2, -0.15) is 0 Å². The molecule has 5 aromatic rings. The van der Waals surface area contributed by atoms with Crippen LogP contribution >= 0.6 is 11.3 Å². The maximum atomic E-state index is 11.7. The monoisotopic (exact) mass is 775 g/mol. The minimum absolute atomic E-state index is 0. The Balaban J connectivity index is 0.000000274. The van der Waals surface area contributed by atoms with E-state index >= 15 is 0 Å². The average molecular weight is 775 g/mol. The van der Waals surface area contributed by atoms with Gasteiger partial charge in [0.05, 0.1) is 16.0 Å². The molecule has 0 aliphatic heterocycles. The van der Waals surface area contributed by atoms with E-state index in [9.17, 15) is 9.90 Å². The number of allylic oxidation sites excluding steroid dienone is 2. The Bertz CT molecular complexity index is 1720. The predicted octanol–water partition coefficient (Wildman–Crippen LogP) is 11.3. The molecule has 3 heterocycles. The molecule has 0 fully saturated rings. The third kappa shape index (κ3) is 7.66. The summed E-state index contributed by atoms with van der Waals surface area (Å²) in [5, 5.41) is 13.2. The number of ketones is 1. The Morgan fingerprint density at radius 1 is 0.977 bits per heavy atom. The van der Waals surface area contributed by atoms with Gasteiger partial charge in [0.1, 0.15) is 11.3 Å². The zero-order valence-electron chi connectivity index (χ0n) is 26.6. The number of furan rings is 1. The zero-order valence-corrected chi connectivity index (χ0v) is 29.8. The van der Waals surface area contributed by atoms with E-state index in [0.29, 0.717) is 5.92 Å². The Morgan fingerprint density at radius 2 is 1.63 bits per heavy atom. The van der Waals surface area contributed by atoms with E-state index in [4.69, 9.17) is 9.40 Å². The molecule has 2 aromatic carbocycles. The molecule has 0 saturated carbocycles. The van der Waals surface area contributed by atoms with Crippen LogP contribution in [0.2, 0.25) is 0 Å². The Morgan fingerprint density at radius 3 is 2.26 bits per heavy atom. The summed E-state index contributed by atoms with van der Waals surface area (Å²) in [6.07, 6.45) is 4.91. The van der Waals surface area contributed by atoms with Gasteiger partial charge in [-0.3, -0.25) is 9.78 Å². The van der Waals surface area contributed by atoms with Crippen molar-refractivity contribution >= 4 is 49.1 Å². The number of hydrogen-bond acceptors (Lipinski definition) is 5. The molecule has 231 valence electrons. The minimum Gasteiger partial charge on any atom is -0.512 e. The molecule has 0 aliphatic rings. The van der Waals surface area contributed by atoms with Gasteiger partial charge < -0.3 is 9.52 Å². The van der Waals surface area contributed by atoms with E-state index in [2.05, 4.69) is 69.3 Å². The number of rotatable bonds is 9. The summed E-state index contributed by atoms with van der Waals surface area (Å²) in [6.45, 7) is 16.7. The number of benzene rings is 2. The van der Waals surface area contributed by atoms with Crippen molar-refractivity contribution in [3.8, 4) is 11.3 Å². The number of aromatic nitrogens is 1. The van der Waals surface area contributed by atoms with Gasteiger partial charge in [-0.15, -0.1) is 40.5 Å². The van der Waals surface area contributed by atoms with Crippen molar-refractivity contribution in [2.75, 3.05) is 0 Å². The second-order valence-electron chi connectivity index (χ2n) is 11.5. The fraction of sp³-hybridized carbons (Fsp3) is 0.405. The summed E-state index contributed by atoms with van der Waals surface area (Å²) in [5.41, 5.74) is 5.27. The number of hydrogen-bond donors (Lipinski definition) is 1. The maximum Gasteiger partial charge on any atom is 0.162 e. The van der Waals surface area contributed by atoms with Crippen molar-refractivity contribution in [2.45, 2.75) is 87.0 Å². The smallest absolute Gasteiger partial charge is 0.162 e. The topological polar surface area (TPSA) is 63.3 Å². The van der Waals surface area contributed by atoms with Crippen molar-refractivity contribution in [3.63, 3.8) is 0 Å². The summed E-state index contributed by atoms with van der Waals surface area (Å²) >= 11 is 1.74. The standard InChI is InChI=1S/C24H20NOS.C13H24O2.Ir/c1-13(2)19-12-17(11-16-7-5-6-8-18(16)19)22-20-9-14(3)26-23(20)24-21(25-22)10-15(4)27-24;1-5-10(6-2)12(14)9-13(15)11(7-3)8-4;/h5-10,12-13H,1-4H3;9-11,14H,5-8H2,1-4H3;/q-1;;/b;12-9-;. The fourth-order valence-electron chi connectivity index (χ4n) is 5.63. The molecule has 0 unspecified atom stereocenters. The number of thiophene rings is 1. The van der Waals surface area contributed by atoms with E-state index in [1.165, 1.54) is 21.9 Å². The van der Waals surface area contributed by atoms with E-state index in [1.54, 1.807) is 11.3 Å². The predicted molar refractivity (Wildman–Crippen MR) is 179 cm³/mol. The zero-order chi connectivity index (χ0) is 30.6. The van der Waals surface area contributed by atoms with Crippen LogP contribution < -0.4 is 0 Å². The van der Waals surface area contributed by atoms with Gasteiger partial charge >= 0.3 is 0 Å². The summed E-state index contributed by atoms with van der Waals surface area (Å²) in [5.74, 6) is 1.89. The molecule has 43 heavy (non-hydrogen) atoms. The number of pyridine rings is 1. The minimum atomic E-state index is 0. The van der Waals surface area contributed by atoms with E-state index < -0.39 is 0 Å². The van der Waals surface area contributed by atoms with Gasteiger partial charge in [0.2, 0.25) is 0 Å². The average Bonchev–Trinajstić information content (AvgIpc) is 3.54. The van der Waals surface area contributed by atoms with Crippen molar-refractivity contribution in [3.05, 3.63) is 76.6 Å². The van der Waals surface area contributed by atoms with Crippen molar-refractivity contribution in [1.29, 1.82) is 0 Å². The molecular formula is C37H44IrNO3S-. The van der Waals surface area contributed by atoms with Gasteiger partial charge in [0.25, 0.3) is 0 Å². The number of nitrogens with zero attached hydrogens (tertiary/aromatic N) is 1. The molecule has 0 atom stereocenters. The molecular weight excluding hydrogens is 731 g/mol. The Hall–Kier alpha value is -2.79. The van der Waals surface area contributed by atoms with E-state index in [-0.39, 0.29) is 43.5 Å². The largest absolute Gasteiger partial charge is 0.512 e. The first kappa shape index (κ1) is 34.7. The van der Waals surface area contributed by atoms with Crippen molar-refractivity contribution in [2.24, 2.45) is 11.8 Å². The number of aliphatic hydroxyl groups excluding tert-OH is 1. The maximum absolute atomic E-state index is 11.7. The second-order valence-corrected chi connectivity index (χ2v) is 12.7. The first-order chi connectivity index (χ1) is 20.1. The molecule has 1 radical (unpaired) electrons. The summed E-state index contributed by atoms with van der Waals surface area (Å²) in [4.78, 5) is 18.0. The van der Waals surface area contributed by atoms with E-state index in [0.717, 1.165) is 69.3 Å². The Kier molecular flexibility index (Phi) is 12.3. The van der Waals surface area contributed by atoms with Crippen LogP contribution in [0.1, 0.15) is 89.3 Å². The molecule has 4 nitrogen and oxygen atoms in total. The summed E-state index contributed by atoms with van der Waals surface area (Å²) in [6, 6.07) is 18.6. The third-order valence-electron chi connectivity index (χ3n) is 8.15. The summed E-state index contributed by atoms with van der Waals surface area (Å²) < 4.78 is 7.21. The second kappa shape index (κ2) is 15.3. The number of carbonyl (C=O) groups is 1. The quantitative estimate of drug-likeness (QED) is 0.0920. The molecule has 3 aromatic heterocycles. The van der Waals surface area contributed by atoms with Crippen LogP contribution in [0.5, 0.6) is 0 Å². The van der Waals surface area contributed by atoms with Crippen LogP contribution in [0.3, 0.4) is 0 Å². The van der Waals surface area contributed by atoms with Gasteiger partial charge in [-0.1, -0.05) is 70.7 Å². The van der Waals surface area contributed by atoms with Crippen LogP contribution in [0.25, 0.3) is 43.2 Å². The first-order valence-electron chi connectivity index (χ1n) is 15.3. The Labute approximate surface area is 274 Å². The van der Waals surface area contributed by atoms with Gasteiger partial charge in [-0.25, -0.2) is 0 Å². The third-order valence-corrected chi connectivity index (χ3v) is 9.19. The molecule has 0 bridgehead atoms. The fourth-order valence-corrected chi connectivity index (χ4v) is 6.58. The van der Waals surface area contributed by atoms with Crippen molar-refractivity contribution < 1.29 is 34.4 Å². The number of aryl methyl sites for hydroxylation is 2. The van der Waals surface area contributed by atoms with Crippen LogP contribution in [-0.2, 0) is 24.9 Å². The van der Waals surface area contributed by atoms with Gasteiger partial charge in [0, 0.05) is 54.0 Å². The van der Waals surface area contributed by atoms with Crippen molar-refractivity contribution in [1.82, 2.24) is 4.98 Å². The number of aliphatic hydroxyl groups is 1. The van der Waals surface area contributed by atoms with Crippen LogP contribution in [-0.4, -0.2) is 15.9 Å². The summed E-state index contributed by atoms with van der Waals surface area (Å²) in [7, 11) is 0. The molecule has 0 saturated heterocycles. The van der Waals surface area contributed by atoms with Crippen LogP contribution in [0.4, 0.5) is 0 Å². The molecule has 0 spiro atoms.